The molecular formula is C22H32N6O3. The number of aromatic nitrogens is 2. The second-order valence-electron chi connectivity index (χ2n) is 8.43. The summed E-state index contributed by atoms with van der Waals surface area (Å²) in [5, 5.41) is 8.57. The minimum atomic E-state index is -0.541. The molecule has 0 bridgehead atoms. The van der Waals surface area contributed by atoms with Gasteiger partial charge in [-0.25, -0.2) is 14.6 Å². The van der Waals surface area contributed by atoms with Crippen molar-refractivity contribution in [2.75, 3.05) is 36.1 Å². The summed E-state index contributed by atoms with van der Waals surface area (Å²) < 4.78 is 5.33. The number of nitrogens with one attached hydrogen (secondary N) is 3. The van der Waals surface area contributed by atoms with E-state index in [1.807, 2.05) is 59.7 Å². The average molecular weight is 429 g/mol. The first kappa shape index (κ1) is 23.9. The van der Waals surface area contributed by atoms with Gasteiger partial charge in [0.2, 0.25) is 5.95 Å². The first-order valence-corrected chi connectivity index (χ1v) is 10.1. The van der Waals surface area contributed by atoms with Crippen molar-refractivity contribution in [3.05, 3.63) is 41.1 Å². The van der Waals surface area contributed by atoms with Gasteiger partial charge in [0.05, 0.1) is 0 Å². The molecule has 168 valence electrons. The van der Waals surface area contributed by atoms with Crippen LogP contribution in [0.4, 0.5) is 27.0 Å². The summed E-state index contributed by atoms with van der Waals surface area (Å²) in [4.78, 5) is 34.4. The first-order valence-electron chi connectivity index (χ1n) is 10.1. The SMILES string of the molecule is Cc1cc(NCCN(C)C(=O)OC(C)(C)C)nc(NC(=O)Nc2ccc(C)c(C)c2)n1. The molecular weight excluding hydrogens is 396 g/mol. The van der Waals surface area contributed by atoms with Gasteiger partial charge in [-0.3, -0.25) is 5.32 Å². The van der Waals surface area contributed by atoms with E-state index in [2.05, 4.69) is 25.9 Å². The number of hydrogen-bond acceptors (Lipinski definition) is 6. The Morgan fingerprint density at radius 3 is 2.39 bits per heavy atom. The van der Waals surface area contributed by atoms with Gasteiger partial charge in [0, 0.05) is 37.6 Å². The van der Waals surface area contributed by atoms with E-state index in [-0.39, 0.29) is 5.95 Å². The zero-order valence-corrected chi connectivity index (χ0v) is 19.3. The van der Waals surface area contributed by atoms with E-state index in [0.717, 1.165) is 11.1 Å². The fourth-order valence-corrected chi connectivity index (χ4v) is 2.58. The van der Waals surface area contributed by atoms with Gasteiger partial charge in [-0.05, 0) is 64.8 Å². The van der Waals surface area contributed by atoms with Crippen LogP contribution >= 0.6 is 0 Å². The number of carbonyl (C=O) groups is 2. The number of urea groups is 1. The predicted molar refractivity (Wildman–Crippen MR) is 123 cm³/mol. The molecule has 2 aromatic rings. The Hall–Kier alpha value is -3.36. The molecule has 0 saturated carbocycles. The maximum absolute atomic E-state index is 12.3. The Morgan fingerprint density at radius 2 is 1.74 bits per heavy atom. The molecule has 3 amide bonds. The third-order valence-electron chi connectivity index (χ3n) is 4.30. The molecule has 0 fully saturated rings. The van der Waals surface area contributed by atoms with Crippen LogP contribution in [0.2, 0.25) is 0 Å². The molecule has 0 unspecified atom stereocenters. The Morgan fingerprint density at radius 1 is 1.03 bits per heavy atom. The zero-order chi connectivity index (χ0) is 23.2. The lowest BCUT2D eigenvalue weighted by atomic mass is 10.1. The van der Waals surface area contributed by atoms with E-state index < -0.39 is 17.7 Å². The highest BCUT2D eigenvalue weighted by Gasteiger charge is 2.19. The van der Waals surface area contributed by atoms with Crippen LogP contribution in [0.3, 0.4) is 0 Å². The average Bonchev–Trinajstić information content (AvgIpc) is 2.62. The normalized spacial score (nSPS) is 10.9. The molecule has 0 aliphatic rings. The summed E-state index contributed by atoms with van der Waals surface area (Å²) in [5.74, 6) is 0.732. The Kier molecular flexibility index (Phi) is 7.79. The van der Waals surface area contributed by atoms with Crippen LogP contribution in [0.15, 0.2) is 24.3 Å². The minimum absolute atomic E-state index is 0.185. The number of rotatable bonds is 6. The third kappa shape index (κ3) is 8.12. The van der Waals surface area contributed by atoms with Crippen molar-refractivity contribution >= 4 is 29.6 Å². The molecule has 1 heterocycles. The minimum Gasteiger partial charge on any atom is -0.444 e. The van der Waals surface area contributed by atoms with Gasteiger partial charge in [0.1, 0.15) is 11.4 Å². The van der Waals surface area contributed by atoms with Crippen LogP contribution in [0.25, 0.3) is 0 Å². The van der Waals surface area contributed by atoms with Gasteiger partial charge >= 0.3 is 12.1 Å². The van der Waals surface area contributed by atoms with E-state index >= 15 is 0 Å². The molecule has 31 heavy (non-hydrogen) atoms. The van der Waals surface area contributed by atoms with Gasteiger partial charge < -0.3 is 20.3 Å². The monoisotopic (exact) mass is 428 g/mol. The largest absolute Gasteiger partial charge is 0.444 e. The van der Waals surface area contributed by atoms with Crippen molar-refractivity contribution in [1.29, 1.82) is 0 Å². The Labute approximate surface area is 183 Å². The number of benzene rings is 1. The van der Waals surface area contributed by atoms with Crippen molar-refractivity contribution in [3.8, 4) is 0 Å². The number of amides is 3. The standard InChI is InChI=1S/C22H32N6O3/c1-14-8-9-17(12-15(14)2)25-20(29)27-19-24-16(3)13-18(26-19)23-10-11-28(7)21(30)31-22(4,5)6/h8-9,12-13H,10-11H2,1-7H3,(H3,23,24,25,26,27,29). The van der Waals surface area contributed by atoms with Crippen LogP contribution in [0.5, 0.6) is 0 Å². The molecule has 0 saturated heterocycles. The molecule has 2 rings (SSSR count). The number of aryl methyl sites for hydroxylation is 3. The maximum atomic E-state index is 12.3. The Bertz CT molecular complexity index is 939. The summed E-state index contributed by atoms with van der Waals surface area (Å²) in [6, 6.07) is 7.03. The Balaban J connectivity index is 1.91. The topological polar surface area (TPSA) is 108 Å². The van der Waals surface area contributed by atoms with Crippen molar-refractivity contribution in [2.45, 2.75) is 47.1 Å². The fourth-order valence-electron chi connectivity index (χ4n) is 2.58. The molecule has 0 aliphatic carbocycles. The molecule has 1 aromatic heterocycles. The van der Waals surface area contributed by atoms with Crippen LogP contribution < -0.4 is 16.0 Å². The van der Waals surface area contributed by atoms with Crippen LogP contribution in [-0.2, 0) is 4.74 Å². The highest BCUT2D eigenvalue weighted by molar-refractivity contribution is 5.98. The van der Waals surface area contributed by atoms with Crippen LogP contribution in [0.1, 0.15) is 37.6 Å². The summed E-state index contributed by atoms with van der Waals surface area (Å²) in [5.41, 5.74) is 3.09. The van der Waals surface area contributed by atoms with Gasteiger partial charge in [-0.2, -0.15) is 4.98 Å². The number of ether oxygens (including phenoxy) is 1. The van der Waals surface area contributed by atoms with Gasteiger partial charge in [0.15, 0.2) is 0 Å². The number of anilines is 3. The van der Waals surface area contributed by atoms with E-state index in [9.17, 15) is 9.59 Å². The molecule has 9 nitrogen and oxygen atoms in total. The summed E-state index contributed by atoms with van der Waals surface area (Å²) >= 11 is 0. The number of likely N-dealkylation sites (N-methyl/N-ethyl adjacent to an activating group) is 1. The molecule has 0 aliphatic heterocycles. The number of hydrogen-bond donors (Lipinski definition) is 3. The molecule has 1 aromatic carbocycles. The molecule has 9 heteroatoms. The van der Waals surface area contributed by atoms with Crippen molar-refractivity contribution in [1.82, 2.24) is 14.9 Å². The third-order valence-corrected chi connectivity index (χ3v) is 4.30. The summed E-state index contributed by atoms with van der Waals surface area (Å²) in [7, 11) is 1.67. The lowest BCUT2D eigenvalue weighted by molar-refractivity contribution is 0.0305. The van der Waals surface area contributed by atoms with Crippen LogP contribution in [0, 0.1) is 20.8 Å². The van der Waals surface area contributed by atoms with Crippen LogP contribution in [-0.4, -0.2) is 52.7 Å². The second-order valence-corrected chi connectivity index (χ2v) is 8.43. The van der Waals surface area contributed by atoms with Crippen molar-refractivity contribution in [2.24, 2.45) is 0 Å². The lowest BCUT2D eigenvalue weighted by Crippen LogP contribution is -2.36. The summed E-state index contributed by atoms with van der Waals surface area (Å²) in [6.07, 6.45) is -0.390. The van der Waals surface area contributed by atoms with Crippen molar-refractivity contribution in [3.63, 3.8) is 0 Å². The van der Waals surface area contributed by atoms with Crippen molar-refractivity contribution < 1.29 is 14.3 Å². The predicted octanol–water partition coefficient (Wildman–Crippen LogP) is 4.32. The lowest BCUT2D eigenvalue weighted by Gasteiger charge is -2.24. The molecule has 3 N–H and O–H groups in total. The van der Waals surface area contributed by atoms with E-state index in [4.69, 9.17) is 4.74 Å². The highest BCUT2D eigenvalue weighted by Crippen LogP contribution is 2.15. The van der Waals surface area contributed by atoms with Gasteiger partial charge in [-0.1, -0.05) is 6.07 Å². The van der Waals surface area contributed by atoms with E-state index in [1.54, 1.807) is 13.1 Å². The molecule has 0 radical (unpaired) electrons. The van der Waals surface area contributed by atoms with E-state index in [0.29, 0.717) is 30.3 Å². The highest BCUT2D eigenvalue weighted by atomic mass is 16.6. The smallest absolute Gasteiger partial charge is 0.410 e. The van der Waals surface area contributed by atoms with Gasteiger partial charge in [-0.15, -0.1) is 0 Å². The van der Waals surface area contributed by atoms with Gasteiger partial charge in [0.25, 0.3) is 0 Å². The first-order chi connectivity index (χ1) is 14.4. The quantitative estimate of drug-likeness (QED) is 0.632. The fraction of sp³-hybridized carbons (Fsp3) is 0.455. The summed E-state index contributed by atoms with van der Waals surface area (Å²) in [6.45, 7) is 12.2. The zero-order valence-electron chi connectivity index (χ0n) is 19.3. The number of nitrogens with zero attached hydrogens (tertiary/aromatic N) is 3. The molecule has 0 atom stereocenters. The number of carbonyl (C=O) groups excluding carboxylic acids is 2. The second kappa shape index (κ2) is 10.1. The van der Waals surface area contributed by atoms with E-state index in [1.165, 1.54) is 4.90 Å². The maximum Gasteiger partial charge on any atom is 0.410 e. The molecule has 0 spiro atoms.